The zero-order chi connectivity index (χ0) is 9.84. The van der Waals surface area contributed by atoms with Crippen molar-refractivity contribution in [2.24, 2.45) is 0 Å². The number of aromatic hydroxyl groups is 1. The van der Waals surface area contributed by atoms with Gasteiger partial charge in [0.1, 0.15) is 5.75 Å². The SMILES string of the molecule is CCOC(C)c1cc(Cl)ccc1O. The first-order chi connectivity index (χ1) is 6.15. The summed E-state index contributed by atoms with van der Waals surface area (Å²) in [5.74, 6) is 0.227. The van der Waals surface area contributed by atoms with Crippen LogP contribution in [0.2, 0.25) is 5.02 Å². The molecule has 0 amide bonds. The zero-order valence-electron chi connectivity index (χ0n) is 7.75. The van der Waals surface area contributed by atoms with E-state index in [-0.39, 0.29) is 11.9 Å². The molecule has 0 saturated heterocycles. The highest BCUT2D eigenvalue weighted by atomic mass is 35.5. The van der Waals surface area contributed by atoms with Gasteiger partial charge in [-0.15, -0.1) is 0 Å². The zero-order valence-corrected chi connectivity index (χ0v) is 8.51. The van der Waals surface area contributed by atoms with Gasteiger partial charge in [-0.2, -0.15) is 0 Å². The topological polar surface area (TPSA) is 29.5 Å². The van der Waals surface area contributed by atoms with Crippen molar-refractivity contribution in [1.29, 1.82) is 0 Å². The van der Waals surface area contributed by atoms with Gasteiger partial charge < -0.3 is 9.84 Å². The van der Waals surface area contributed by atoms with Gasteiger partial charge in [-0.05, 0) is 32.0 Å². The molecule has 0 aliphatic carbocycles. The van der Waals surface area contributed by atoms with Crippen LogP contribution in [0.4, 0.5) is 0 Å². The fraction of sp³-hybridized carbons (Fsp3) is 0.400. The molecule has 0 aromatic heterocycles. The number of phenols is 1. The number of halogens is 1. The fourth-order valence-corrected chi connectivity index (χ4v) is 1.37. The molecule has 0 fully saturated rings. The van der Waals surface area contributed by atoms with Crippen molar-refractivity contribution in [1.82, 2.24) is 0 Å². The lowest BCUT2D eigenvalue weighted by Crippen LogP contribution is -1.99. The lowest BCUT2D eigenvalue weighted by atomic mass is 10.1. The molecule has 0 heterocycles. The molecule has 13 heavy (non-hydrogen) atoms. The number of hydrogen-bond donors (Lipinski definition) is 1. The second-order valence-electron chi connectivity index (χ2n) is 2.80. The van der Waals surface area contributed by atoms with Crippen LogP contribution in [-0.4, -0.2) is 11.7 Å². The Kier molecular flexibility index (Phi) is 3.58. The molecule has 0 aliphatic rings. The van der Waals surface area contributed by atoms with E-state index in [1.54, 1.807) is 18.2 Å². The van der Waals surface area contributed by atoms with Crippen LogP contribution in [0.5, 0.6) is 5.75 Å². The molecule has 72 valence electrons. The average molecular weight is 201 g/mol. The van der Waals surface area contributed by atoms with Crippen molar-refractivity contribution in [2.45, 2.75) is 20.0 Å². The monoisotopic (exact) mass is 200 g/mol. The predicted molar refractivity (Wildman–Crippen MR) is 53.2 cm³/mol. The Morgan fingerprint density at radius 2 is 2.23 bits per heavy atom. The van der Waals surface area contributed by atoms with E-state index < -0.39 is 0 Å². The van der Waals surface area contributed by atoms with E-state index in [4.69, 9.17) is 16.3 Å². The van der Waals surface area contributed by atoms with Gasteiger partial charge in [0.05, 0.1) is 6.10 Å². The van der Waals surface area contributed by atoms with Gasteiger partial charge in [-0.3, -0.25) is 0 Å². The maximum absolute atomic E-state index is 9.49. The maximum Gasteiger partial charge on any atom is 0.121 e. The molecule has 1 aromatic carbocycles. The largest absolute Gasteiger partial charge is 0.508 e. The highest BCUT2D eigenvalue weighted by molar-refractivity contribution is 6.30. The van der Waals surface area contributed by atoms with Crippen molar-refractivity contribution in [3.8, 4) is 5.75 Å². The van der Waals surface area contributed by atoms with Gasteiger partial charge >= 0.3 is 0 Å². The van der Waals surface area contributed by atoms with Gasteiger partial charge in [0.25, 0.3) is 0 Å². The van der Waals surface area contributed by atoms with Gasteiger partial charge in [-0.25, -0.2) is 0 Å². The lowest BCUT2D eigenvalue weighted by Gasteiger charge is -2.13. The van der Waals surface area contributed by atoms with Crippen LogP contribution in [0.1, 0.15) is 25.5 Å². The third-order valence-electron chi connectivity index (χ3n) is 1.84. The number of ether oxygens (including phenoxy) is 1. The summed E-state index contributed by atoms with van der Waals surface area (Å²) < 4.78 is 5.35. The smallest absolute Gasteiger partial charge is 0.121 e. The molecule has 0 radical (unpaired) electrons. The van der Waals surface area contributed by atoms with Crippen LogP contribution in [0.15, 0.2) is 18.2 Å². The van der Waals surface area contributed by atoms with E-state index in [2.05, 4.69) is 0 Å². The first kappa shape index (κ1) is 10.4. The molecule has 0 bridgehead atoms. The van der Waals surface area contributed by atoms with E-state index in [0.717, 1.165) is 5.56 Å². The molecule has 0 aliphatic heterocycles. The number of benzene rings is 1. The first-order valence-electron chi connectivity index (χ1n) is 4.25. The Balaban J connectivity index is 2.91. The molecule has 0 spiro atoms. The minimum Gasteiger partial charge on any atom is -0.508 e. The van der Waals surface area contributed by atoms with Crippen molar-refractivity contribution in [2.75, 3.05) is 6.61 Å². The highest BCUT2D eigenvalue weighted by Gasteiger charge is 2.10. The second kappa shape index (κ2) is 4.49. The molecule has 1 rings (SSSR count). The molecule has 1 atom stereocenters. The second-order valence-corrected chi connectivity index (χ2v) is 3.24. The average Bonchev–Trinajstić information content (AvgIpc) is 2.09. The van der Waals surface area contributed by atoms with E-state index >= 15 is 0 Å². The molecular formula is C10H13ClO2. The summed E-state index contributed by atoms with van der Waals surface area (Å²) in [5.41, 5.74) is 0.731. The number of rotatable bonds is 3. The van der Waals surface area contributed by atoms with Crippen LogP contribution in [0, 0.1) is 0 Å². The molecular weight excluding hydrogens is 188 g/mol. The Morgan fingerprint density at radius 3 is 2.85 bits per heavy atom. The highest BCUT2D eigenvalue weighted by Crippen LogP contribution is 2.28. The minimum atomic E-state index is -0.122. The van der Waals surface area contributed by atoms with Crippen molar-refractivity contribution in [3.05, 3.63) is 28.8 Å². The standard InChI is InChI=1S/C10H13ClO2/c1-3-13-7(2)9-6-8(11)4-5-10(9)12/h4-7,12H,3H2,1-2H3. The molecule has 2 nitrogen and oxygen atoms in total. The van der Waals surface area contributed by atoms with Crippen LogP contribution < -0.4 is 0 Å². The van der Waals surface area contributed by atoms with E-state index in [1.807, 2.05) is 13.8 Å². The Hall–Kier alpha value is -0.730. The predicted octanol–water partition coefficient (Wildman–Crippen LogP) is 3.14. The summed E-state index contributed by atoms with van der Waals surface area (Å²) in [4.78, 5) is 0. The van der Waals surface area contributed by atoms with Gasteiger partial charge in [0, 0.05) is 17.2 Å². The van der Waals surface area contributed by atoms with E-state index in [9.17, 15) is 5.11 Å². The van der Waals surface area contributed by atoms with Crippen LogP contribution in [-0.2, 0) is 4.74 Å². The maximum atomic E-state index is 9.49. The van der Waals surface area contributed by atoms with Gasteiger partial charge in [0.15, 0.2) is 0 Å². The normalized spacial score (nSPS) is 12.8. The summed E-state index contributed by atoms with van der Waals surface area (Å²) in [5, 5.41) is 10.1. The van der Waals surface area contributed by atoms with Gasteiger partial charge in [-0.1, -0.05) is 11.6 Å². The summed E-state index contributed by atoms with van der Waals surface area (Å²) >= 11 is 5.79. The van der Waals surface area contributed by atoms with Crippen LogP contribution in [0.3, 0.4) is 0 Å². The number of phenolic OH excluding ortho intramolecular Hbond substituents is 1. The van der Waals surface area contributed by atoms with Crippen molar-refractivity contribution in [3.63, 3.8) is 0 Å². The van der Waals surface area contributed by atoms with E-state index in [0.29, 0.717) is 11.6 Å². The Morgan fingerprint density at radius 1 is 1.54 bits per heavy atom. The first-order valence-corrected chi connectivity index (χ1v) is 4.63. The Bertz CT molecular complexity index is 286. The quantitative estimate of drug-likeness (QED) is 0.813. The summed E-state index contributed by atoms with van der Waals surface area (Å²) in [6.07, 6.45) is -0.122. The lowest BCUT2D eigenvalue weighted by molar-refractivity contribution is 0.0746. The summed E-state index contributed by atoms with van der Waals surface area (Å²) in [6.45, 7) is 4.42. The van der Waals surface area contributed by atoms with Gasteiger partial charge in [0.2, 0.25) is 0 Å². The molecule has 1 unspecified atom stereocenters. The van der Waals surface area contributed by atoms with Crippen LogP contribution in [0.25, 0.3) is 0 Å². The molecule has 0 saturated carbocycles. The van der Waals surface area contributed by atoms with E-state index in [1.165, 1.54) is 0 Å². The minimum absolute atomic E-state index is 0.122. The molecule has 1 aromatic rings. The van der Waals surface area contributed by atoms with Crippen molar-refractivity contribution >= 4 is 11.6 Å². The number of hydrogen-bond acceptors (Lipinski definition) is 2. The van der Waals surface area contributed by atoms with Crippen molar-refractivity contribution < 1.29 is 9.84 Å². The molecule has 1 N–H and O–H groups in total. The van der Waals surface area contributed by atoms with Crippen LogP contribution >= 0.6 is 11.6 Å². The third kappa shape index (κ3) is 2.61. The fourth-order valence-electron chi connectivity index (χ4n) is 1.19. The Labute approximate surface area is 83.1 Å². The third-order valence-corrected chi connectivity index (χ3v) is 2.08. The molecule has 3 heteroatoms. The summed E-state index contributed by atoms with van der Waals surface area (Å²) in [6, 6.07) is 4.95. The summed E-state index contributed by atoms with van der Waals surface area (Å²) in [7, 11) is 0.